The average molecular weight is 946 g/mol. The van der Waals surface area contributed by atoms with Crippen LogP contribution in [-0.4, -0.2) is 14.3 Å². The maximum Gasteiger partial charge on any atom is 0.242 e. The summed E-state index contributed by atoms with van der Waals surface area (Å²) in [5.74, 6) is 1.22. The van der Waals surface area contributed by atoms with Crippen LogP contribution in [-0.2, 0) is 55.2 Å². The third kappa shape index (κ3) is 5.97. The first-order valence-electron chi connectivity index (χ1n) is 20.3. The summed E-state index contributed by atoms with van der Waals surface area (Å²) < 4.78 is 12.8. The molecule has 9 rings (SSSR count). The van der Waals surface area contributed by atoms with E-state index in [-0.39, 0.29) is 42.7 Å². The van der Waals surface area contributed by atoms with E-state index in [1.165, 1.54) is 55.6 Å². The van der Waals surface area contributed by atoms with Gasteiger partial charge in [0, 0.05) is 50.4 Å². The predicted octanol–water partition coefficient (Wildman–Crippen LogP) is 11.7. The van der Waals surface area contributed by atoms with Crippen LogP contribution in [0.2, 0.25) is 0 Å². The molecule has 3 heterocycles. The van der Waals surface area contributed by atoms with Crippen molar-refractivity contribution in [3.8, 4) is 34.0 Å². The van der Waals surface area contributed by atoms with E-state index in [2.05, 4.69) is 177 Å². The van der Waals surface area contributed by atoms with Gasteiger partial charge >= 0.3 is 0 Å². The molecule has 0 radical (unpaired) electrons. The summed E-state index contributed by atoms with van der Waals surface area (Å²) in [5.41, 5.74) is 16.3. The molecule has 2 aromatic heterocycles. The number of para-hydroxylation sites is 1. The first-order valence-corrected chi connectivity index (χ1v) is 20.3. The van der Waals surface area contributed by atoms with Crippen molar-refractivity contribution in [1.82, 2.24) is 14.3 Å². The maximum atomic E-state index is 6.64. The number of imidazole rings is 1. The molecule has 300 valence electrons. The number of aromatic nitrogens is 4. The molecular formula is C52H54N4OPt-2. The predicted molar refractivity (Wildman–Crippen MR) is 230 cm³/mol. The Bertz CT molecular complexity index is 2680. The summed E-state index contributed by atoms with van der Waals surface area (Å²) in [6, 6.07) is 36.4. The number of rotatable bonds is 3. The van der Waals surface area contributed by atoms with Crippen molar-refractivity contribution in [2.45, 2.75) is 110 Å². The monoisotopic (exact) mass is 945 g/mol. The number of aryl methyl sites for hydroxylation is 1. The largest absolute Gasteiger partial charge is 0.510 e. The first kappa shape index (κ1) is 40.1. The zero-order valence-electron chi connectivity index (χ0n) is 36.2. The molecule has 0 atom stereocenters. The van der Waals surface area contributed by atoms with Crippen LogP contribution in [0.25, 0.3) is 33.5 Å². The van der Waals surface area contributed by atoms with Crippen molar-refractivity contribution < 1.29 is 30.4 Å². The van der Waals surface area contributed by atoms with Crippen LogP contribution in [0.1, 0.15) is 128 Å². The van der Waals surface area contributed by atoms with Gasteiger partial charge in [-0.3, -0.25) is 4.68 Å². The van der Waals surface area contributed by atoms with Crippen LogP contribution < -0.4 is 9.30 Å². The molecule has 5 aromatic carbocycles. The van der Waals surface area contributed by atoms with Gasteiger partial charge in [0.2, 0.25) is 6.33 Å². The first-order chi connectivity index (χ1) is 26.7. The van der Waals surface area contributed by atoms with Gasteiger partial charge in [-0.1, -0.05) is 131 Å². The molecule has 2 aliphatic rings. The van der Waals surface area contributed by atoms with Crippen molar-refractivity contribution in [3.05, 3.63) is 154 Å². The van der Waals surface area contributed by atoms with E-state index in [0.29, 0.717) is 11.5 Å². The second-order valence-electron chi connectivity index (χ2n) is 20.3. The number of ether oxygens (including phenoxy) is 1. The summed E-state index contributed by atoms with van der Waals surface area (Å²) >= 11 is 0. The maximum absolute atomic E-state index is 6.64. The molecule has 0 fully saturated rings. The second kappa shape index (κ2) is 13.1. The van der Waals surface area contributed by atoms with E-state index in [4.69, 9.17) is 4.74 Å². The molecule has 0 amide bonds. The summed E-state index contributed by atoms with van der Waals surface area (Å²) in [6.45, 7) is 28.4. The van der Waals surface area contributed by atoms with Gasteiger partial charge in [-0.2, -0.15) is 17.2 Å². The fourth-order valence-electron chi connectivity index (χ4n) is 9.29. The summed E-state index contributed by atoms with van der Waals surface area (Å²) in [6.07, 6.45) is 7.38. The minimum Gasteiger partial charge on any atom is -0.510 e. The fourth-order valence-corrected chi connectivity index (χ4v) is 9.29. The normalized spacial score (nSPS) is 14.3. The summed E-state index contributed by atoms with van der Waals surface area (Å²) in [5, 5.41) is 4.41. The van der Waals surface area contributed by atoms with Crippen molar-refractivity contribution in [1.29, 1.82) is 0 Å². The number of hydrogen-bond acceptors (Lipinski definition) is 2. The van der Waals surface area contributed by atoms with Gasteiger partial charge in [0.15, 0.2) is 0 Å². The smallest absolute Gasteiger partial charge is 0.242 e. The Morgan fingerprint density at radius 3 is 1.78 bits per heavy atom. The van der Waals surface area contributed by atoms with Gasteiger partial charge in [-0.05, 0) is 83.5 Å². The van der Waals surface area contributed by atoms with Crippen molar-refractivity contribution >= 4 is 11.0 Å². The van der Waals surface area contributed by atoms with Crippen molar-refractivity contribution in [2.24, 2.45) is 7.05 Å². The summed E-state index contributed by atoms with van der Waals surface area (Å²) in [7, 11) is 2.10. The zero-order chi connectivity index (χ0) is 40.6. The molecule has 0 unspecified atom stereocenters. The number of hydrogen-bond donors (Lipinski definition) is 0. The number of nitrogens with zero attached hydrogens (tertiary/aromatic N) is 4. The zero-order valence-corrected chi connectivity index (χ0v) is 38.4. The van der Waals surface area contributed by atoms with Crippen LogP contribution in [0, 0.1) is 18.5 Å². The van der Waals surface area contributed by atoms with E-state index in [9.17, 15) is 0 Å². The third-order valence-corrected chi connectivity index (χ3v) is 12.2. The Balaban J connectivity index is 0.00000469. The van der Waals surface area contributed by atoms with Gasteiger partial charge in [-0.15, -0.1) is 35.9 Å². The molecule has 0 saturated carbocycles. The quantitative estimate of drug-likeness (QED) is 0.131. The minimum absolute atomic E-state index is 0. The van der Waals surface area contributed by atoms with E-state index < -0.39 is 5.41 Å². The molecule has 0 saturated heterocycles. The second-order valence-corrected chi connectivity index (χ2v) is 20.3. The average Bonchev–Trinajstić information content (AvgIpc) is 3.86. The van der Waals surface area contributed by atoms with Crippen LogP contribution in [0.3, 0.4) is 0 Å². The Morgan fingerprint density at radius 1 is 0.638 bits per heavy atom. The van der Waals surface area contributed by atoms with Crippen LogP contribution in [0.5, 0.6) is 11.5 Å². The van der Waals surface area contributed by atoms with Gasteiger partial charge in [0.25, 0.3) is 0 Å². The van der Waals surface area contributed by atoms with Crippen molar-refractivity contribution in [2.75, 3.05) is 0 Å². The number of fused-ring (bicyclic) bond motifs is 9. The Morgan fingerprint density at radius 2 is 1.22 bits per heavy atom. The minimum atomic E-state index is -0.659. The van der Waals surface area contributed by atoms with Gasteiger partial charge in [0.05, 0.1) is 18.1 Å². The molecule has 1 aliphatic heterocycles. The van der Waals surface area contributed by atoms with E-state index >= 15 is 0 Å². The van der Waals surface area contributed by atoms with Crippen molar-refractivity contribution in [3.63, 3.8) is 0 Å². The van der Waals surface area contributed by atoms with Gasteiger partial charge in [0.1, 0.15) is 0 Å². The molecule has 6 heteroatoms. The summed E-state index contributed by atoms with van der Waals surface area (Å²) in [4.78, 5) is 0. The molecule has 0 N–H and O–H groups in total. The van der Waals surface area contributed by atoms with Crippen LogP contribution >= 0.6 is 0 Å². The third-order valence-electron chi connectivity index (χ3n) is 12.2. The molecular weight excluding hydrogens is 892 g/mol. The Hall–Kier alpha value is -4.73. The van der Waals surface area contributed by atoms with E-state index in [0.717, 1.165) is 22.4 Å². The molecule has 1 spiro atoms. The Kier molecular flexibility index (Phi) is 9.07. The topological polar surface area (TPSA) is 35.9 Å². The van der Waals surface area contributed by atoms with Gasteiger partial charge < -0.3 is 13.9 Å². The molecule has 0 bridgehead atoms. The molecule has 58 heavy (non-hydrogen) atoms. The standard InChI is InChI=1S/C52H54N4O.Pt/c1-48(2,3)32-25-37-38-26-33(49(4,5)6)28-42(51(10,11)12)46(38)52(45(37)41(27-32)50(7,8)9)39-22-21-36(57-35-18-14-17-34(29-35)56-24-16-23-53-56)30-44(39)55-31-54(13)43-20-15-19-40(52)47(43)55;/h14-28H,1-13H3;/q-2;. The molecule has 7 aromatic rings. The van der Waals surface area contributed by atoms with Gasteiger partial charge in [-0.25, -0.2) is 0 Å². The van der Waals surface area contributed by atoms with Crippen LogP contribution in [0.4, 0.5) is 0 Å². The van der Waals surface area contributed by atoms with E-state index in [1.807, 2.05) is 30.5 Å². The number of benzene rings is 5. The molecule has 1 aliphatic carbocycles. The Labute approximate surface area is 359 Å². The van der Waals surface area contributed by atoms with E-state index in [1.54, 1.807) is 10.9 Å². The van der Waals surface area contributed by atoms with Crippen LogP contribution in [0.15, 0.2) is 91.3 Å². The molecule has 5 nitrogen and oxygen atoms in total. The SMILES string of the molecule is C[n+]1[c-]n2c3c(cccc31)C1(c3ccc(Oc4[c-]c(-n5cccn5)ccc4)[c-]c3-2)c2c(cc(C(C)(C)C)cc2C(C)(C)C)-c2cc(C(C)(C)C)cc(C(C)(C)C)c21.[Pt]. The fraction of sp³-hybridized carbons (Fsp3) is 0.346.